The number of allylic oxidation sites excluding steroid dienone is 2. The van der Waals surface area contributed by atoms with E-state index in [1.807, 2.05) is 0 Å². The summed E-state index contributed by atoms with van der Waals surface area (Å²) in [7, 11) is 0. The van der Waals surface area contributed by atoms with Gasteiger partial charge in [0.1, 0.15) is 0 Å². The first kappa shape index (κ1) is 15.6. The first-order valence-corrected chi connectivity index (χ1v) is 9.40. The average Bonchev–Trinajstić information content (AvgIpc) is 3.24. The molecular weight excluding hydrogens is 290 g/mol. The predicted octanol–water partition coefficient (Wildman–Crippen LogP) is 2.78. The molecule has 4 rings (SSSR count). The molecule has 128 valence electrons. The third-order valence-electron chi connectivity index (χ3n) is 6.10. The first-order chi connectivity index (χ1) is 11.3. The van der Waals surface area contributed by atoms with Gasteiger partial charge in [0.25, 0.3) is 0 Å². The fourth-order valence-electron chi connectivity index (χ4n) is 4.48. The van der Waals surface area contributed by atoms with E-state index in [9.17, 15) is 4.79 Å². The van der Waals surface area contributed by atoms with Gasteiger partial charge in [-0.3, -0.25) is 4.79 Å². The van der Waals surface area contributed by atoms with E-state index >= 15 is 0 Å². The topological polar surface area (TPSA) is 38.8 Å². The molecule has 0 bridgehead atoms. The van der Waals surface area contributed by atoms with Gasteiger partial charge in [-0.15, -0.1) is 0 Å². The van der Waals surface area contributed by atoms with Crippen LogP contribution >= 0.6 is 0 Å². The van der Waals surface area contributed by atoms with Crippen LogP contribution in [0.25, 0.3) is 0 Å². The summed E-state index contributed by atoms with van der Waals surface area (Å²) >= 11 is 0. The molecule has 0 aromatic rings. The van der Waals surface area contributed by atoms with Crippen molar-refractivity contribution in [2.45, 2.75) is 51.0 Å². The quantitative estimate of drug-likeness (QED) is 0.732. The molecule has 0 aromatic heterocycles. The third kappa shape index (κ3) is 3.34. The van der Waals surface area contributed by atoms with Crippen LogP contribution in [-0.4, -0.2) is 49.8 Å². The summed E-state index contributed by atoms with van der Waals surface area (Å²) in [4.78, 5) is 14.9. The number of piperidine rings is 1. The summed E-state index contributed by atoms with van der Waals surface area (Å²) in [6.45, 7) is 4.22. The number of rotatable bonds is 5. The second-order valence-corrected chi connectivity index (χ2v) is 7.97. The minimum Gasteiger partial charge on any atom is -0.380 e. The number of likely N-dealkylation sites (tertiary alicyclic amines) is 1. The Morgan fingerprint density at radius 3 is 2.87 bits per heavy atom. The summed E-state index contributed by atoms with van der Waals surface area (Å²) in [5, 5.41) is 0. The van der Waals surface area contributed by atoms with Gasteiger partial charge < -0.3 is 14.4 Å². The largest absolute Gasteiger partial charge is 0.380 e. The van der Waals surface area contributed by atoms with Gasteiger partial charge in [0.2, 0.25) is 5.91 Å². The van der Waals surface area contributed by atoms with Gasteiger partial charge in [-0.25, -0.2) is 0 Å². The van der Waals surface area contributed by atoms with E-state index in [1.165, 1.54) is 12.8 Å². The van der Waals surface area contributed by atoms with Crippen LogP contribution in [-0.2, 0) is 14.3 Å². The number of nitrogens with zero attached hydrogens (tertiary/aromatic N) is 1. The lowest BCUT2D eigenvalue weighted by Crippen LogP contribution is -2.58. The Morgan fingerprint density at radius 2 is 2.09 bits per heavy atom. The molecule has 2 aliphatic carbocycles. The number of fused-ring (bicyclic) bond motifs is 1. The molecule has 2 saturated heterocycles. The van der Waals surface area contributed by atoms with Gasteiger partial charge in [0.05, 0.1) is 12.7 Å². The third-order valence-corrected chi connectivity index (χ3v) is 6.10. The summed E-state index contributed by atoms with van der Waals surface area (Å²) < 4.78 is 12.2. The maximum Gasteiger partial charge on any atom is 0.226 e. The minimum absolute atomic E-state index is 0.0348. The smallest absolute Gasteiger partial charge is 0.226 e. The Kier molecular flexibility index (Phi) is 4.46. The van der Waals surface area contributed by atoms with Gasteiger partial charge >= 0.3 is 0 Å². The fraction of sp³-hybridized carbons (Fsp3) is 0.842. The Bertz CT molecular complexity index is 465. The average molecular weight is 319 g/mol. The van der Waals surface area contributed by atoms with Crippen molar-refractivity contribution in [1.82, 2.24) is 4.90 Å². The summed E-state index contributed by atoms with van der Waals surface area (Å²) in [6.07, 6.45) is 12.3. The van der Waals surface area contributed by atoms with Crippen LogP contribution < -0.4 is 0 Å². The van der Waals surface area contributed by atoms with E-state index in [1.54, 1.807) is 0 Å². The molecule has 0 radical (unpaired) electrons. The molecule has 0 unspecified atom stereocenters. The molecular formula is C19H29NO3. The lowest BCUT2D eigenvalue weighted by atomic mass is 9.72. The molecule has 0 aromatic carbocycles. The minimum atomic E-state index is 0.0348. The van der Waals surface area contributed by atoms with Crippen LogP contribution in [0.15, 0.2) is 12.2 Å². The van der Waals surface area contributed by atoms with E-state index in [0.29, 0.717) is 5.91 Å². The van der Waals surface area contributed by atoms with Crippen molar-refractivity contribution in [2.75, 3.05) is 32.9 Å². The normalized spacial score (nSPS) is 34.6. The summed E-state index contributed by atoms with van der Waals surface area (Å²) in [6, 6.07) is 0. The number of hydrogen-bond acceptors (Lipinski definition) is 3. The van der Waals surface area contributed by atoms with Gasteiger partial charge in [-0.2, -0.15) is 0 Å². The highest BCUT2D eigenvalue weighted by molar-refractivity contribution is 5.79. The number of carbonyl (C=O) groups excluding carboxylic acids is 1. The van der Waals surface area contributed by atoms with Crippen molar-refractivity contribution < 1.29 is 14.3 Å². The van der Waals surface area contributed by atoms with Crippen LogP contribution in [0, 0.1) is 17.3 Å². The Morgan fingerprint density at radius 1 is 1.26 bits per heavy atom. The Labute approximate surface area is 139 Å². The van der Waals surface area contributed by atoms with Crippen LogP contribution in [0.1, 0.15) is 44.9 Å². The SMILES string of the molecule is O=C(C1CC=CC1)N1CC[C@@H]2OCCC[C@]2(COCC2CC2)C1. The van der Waals surface area contributed by atoms with Crippen molar-refractivity contribution in [1.29, 1.82) is 0 Å². The molecule has 0 N–H and O–H groups in total. The van der Waals surface area contributed by atoms with Crippen LogP contribution in [0.4, 0.5) is 0 Å². The second-order valence-electron chi connectivity index (χ2n) is 7.97. The van der Waals surface area contributed by atoms with Gasteiger partial charge in [-0.05, 0) is 50.9 Å². The van der Waals surface area contributed by atoms with Gasteiger partial charge in [0, 0.05) is 37.6 Å². The Balaban J connectivity index is 1.41. The van der Waals surface area contributed by atoms with E-state index in [0.717, 1.165) is 70.9 Å². The molecule has 23 heavy (non-hydrogen) atoms. The molecule has 4 heteroatoms. The molecule has 2 heterocycles. The highest BCUT2D eigenvalue weighted by Crippen LogP contribution is 2.41. The van der Waals surface area contributed by atoms with Crippen molar-refractivity contribution in [3.63, 3.8) is 0 Å². The van der Waals surface area contributed by atoms with Gasteiger partial charge in [0.15, 0.2) is 0 Å². The molecule has 2 atom stereocenters. The zero-order valence-corrected chi connectivity index (χ0v) is 14.0. The van der Waals surface area contributed by atoms with Crippen molar-refractivity contribution >= 4 is 5.91 Å². The monoisotopic (exact) mass is 319 g/mol. The molecule has 0 spiro atoms. The molecule has 1 saturated carbocycles. The van der Waals surface area contributed by atoms with Crippen molar-refractivity contribution in [3.8, 4) is 0 Å². The summed E-state index contributed by atoms with van der Waals surface area (Å²) in [5.41, 5.74) is 0.0348. The maximum absolute atomic E-state index is 12.8. The highest BCUT2D eigenvalue weighted by atomic mass is 16.5. The molecule has 2 aliphatic heterocycles. The van der Waals surface area contributed by atoms with Crippen molar-refractivity contribution in [2.24, 2.45) is 17.3 Å². The zero-order valence-electron chi connectivity index (χ0n) is 14.0. The summed E-state index contributed by atoms with van der Waals surface area (Å²) in [5.74, 6) is 1.32. The second kappa shape index (κ2) is 6.56. The van der Waals surface area contributed by atoms with E-state index < -0.39 is 0 Å². The van der Waals surface area contributed by atoms with E-state index in [-0.39, 0.29) is 17.4 Å². The first-order valence-electron chi connectivity index (χ1n) is 9.40. The van der Waals surface area contributed by atoms with E-state index in [2.05, 4.69) is 17.1 Å². The molecule has 3 fully saturated rings. The number of ether oxygens (including phenoxy) is 2. The highest BCUT2D eigenvalue weighted by Gasteiger charge is 2.48. The van der Waals surface area contributed by atoms with Crippen LogP contribution in [0.2, 0.25) is 0 Å². The zero-order chi connectivity index (χ0) is 15.7. The van der Waals surface area contributed by atoms with Gasteiger partial charge in [-0.1, -0.05) is 12.2 Å². The number of amides is 1. The maximum atomic E-state index is 12.8. The fourth-order valence-corrected chi connectivity index (χ4v) is 4.48. The van der Waals surface area contributed by atoms with Crippen molar-refractivity contribution in [3.05, 3.63) is 12.2 Å². The lowest BCUT2D eigenvalue weighted by Gasteiger charge is -2.50. The number of carbonyl (C=O) groups is 1. The number of hydrogen-bond donors (Lipinski definition) is 0. The standard InChI is InChI=1S/C19H29NO3/c21-18(16-4-1-2-5-16)20-10-8-17-19(13-20,9-3-11-23-17)14-22-12-15-6-7-15/h1-2,15-17H,3-14H2/t17-,19+/m0/s1. The van der Waals surface area contributed by atoms with Crippen LogP contribution in [0.3, 0.4) is 0 Å². The van der Waals surface area contributed by atoms with E-state index in [4.69, 9.17) is 9.47 Å². The molecule has 4 aliphatic rings. The predicted molar refractivity (Wildman–Crippen MR) is 88.0 cm³/mol. The molecule has 4 nitrogen and oxygen atoms in total. The van der Waals surface area contributed by atoms with Crippen LogP contribution in [0.5, 0.6) is 0 Å². The lowest BCUT2D eigenvalue weighted by molar-refractivity contribution is -0.167. The molecule has 1 amide bonds. The Hall–Kier alpha value is -0.870.